The number of rotatable bonds is 3. The number of aromatic nitrogens is 2. The monoisotopic (exact) mass is 347 g/mol. The smallest absolute Gasteiger partial charge is 0.349 e. The molecule has 9 heteroatoms. The average Bonchev–Trinajstić information content (AvgIpc) is 2.32. The highest BCUT2D eigenvalue weighted by atomic mass is 79.9. The Hall–Kier alpha value is -1.80. The van der Waals surface area contributed by atoms with Crippen LogP contribution in [0.5, 0.6) is 11.6 Å². The van der Waals surface area contributed by atoms with E-state index in [4.69, 9.17) is 16.3 Å². The van der Waals surface area contributed by atoms with Gasteiger partial charge in [0.15, 0.2) is 11.6 Å². The molecule has 1 aromatic carbocycles. The molecule has 0 bridgehead atoms. The molecule has 0 radical (unpaired) electrons. The number of ether oxygens (including phenoxy) is 1. The molecule has 0 fully saturated rings. The Bertz CT molecular complexity index is 656. The third-order valence-electron chi connectivity index (χ3n) is 2.00. The molecule has 98 valence electrons. The summed E-state index contributed by atoms with van der Waals surface area (Å²) < 4.78 is 19.1. The molecule has 0 amide bonds. The summed E-state index contributed by atoms with van der Waals surface area (Å²) in [7, 11) is 0. The van der Waals surface area contributed by atoms with E-state index in [9.17, 15) is 14.5 Å². The van der Waals surface area contributed by atoms with Gasteiger partial charge in [0.25, 0.3) is 0 Å². The molecule has 1 aromatic heterocycles. The third-order valence-corrected chi connectivity index (χ3v) is 2.68. The molecule has 0 aliphatic rings. The van der Waals surface area contributed by atoms with Gasteiger partial charge in [0.05, 0.1) is 4.92 Å². The predicted octanol–water partition coefficient (Wildman–Crippen LogP) is 3.73. The van der Waals surface area contributed by atoms with Gasteiger partial charge in [0.2, 0.25) is 5.28 Å². The molecule has 19 heavy (non-hydrogen) atoms. The van der Waals surface area contributed by atoms with Crippen LogP contribution in [0.15, 0.2) is 28.9 Å². The quantitative estimate of drug-likeness (QED) is 0.480. The van der Waals surface area contributed by atoms with E-state index in [1.807, 2.05) is 0 Å². The van der Waals surface area contributed by atoms with Crippen molar-refractivity contribution in [3.05, 3.63) is 50.1 Å². The van der Waals surface area contributed by atoms with Crippen molar-refractivity contribution in [2.75, 3.05) is 0 Å². The summed E-state index contributed by atoms with van der Waals surface area (Å²) >= 11 is 8.61. The molecular weight excluding hydrogens is 344 g/mol. The van der Waals surface area contributed by atoms with Gasteiger partial charge in [-0.25, -0.2) is 9.37 Å². The van der Waals surface area contributed by atoms with Gasteiger partial charge >= 0.3 is 11.6 Å². The van der Waals surface area contributed by atoms with Gasteiger partial charge in [0, 0.05) is 4.47 Å². The van der Waals surface area contributed by atoms with Crippen LogP contribution in [0.2, 0.25) is 5.28 Å². The van der Waals surface area contributed by atoms with Crippen molar-refractivity contribution in [3.63, 3.8) is 0 Å². The van der Waals surface area contributed by atoms with Crippen molar-refractivity contribution in [2.45, 2.75) is 0 Å². The van der Waals surface area contributed by atoms with Crippen LogP contribution in [0.3, 0.4) is 0 Å². The zero-order chi connectivity index (χ0) is 14.0. The number of hydrogen-bond acceptors (Lipinski definition) is 5. The number of halogens is 3. The van der Waals surface area contributed by atoms with Crippen LogP contribution in [-0.2, 0) is 0 Å². The van der Waals surface area contributed by atoms with Crippen molar-refractivity contribution in [1.82, 2.24) is 9.97 Å². The lowest BCUT2D eigenvalue weighted by Gasteiger charge is -2.06. The number of nitro groups is 1. The molecule has 1 heterocycles. The van der Waals surface area contributed by atoms with Gasteiger partial charge in [-0.1, -0.05) is 15.9 Å². The summed E-state index contributed by atoms with van der Waals surface area (Å²) in [5, 5.41) is 10.5. The van der Waals surface area contributed by atoms with E-state index >= 15 is 0 Å². The summed E-state index contributed by atoms with van der Waals surface area (Å²) in [4.78, 5) is 17.1. The Labute approximate surface area is 119 Å². The highest BCUT2D eigenvalue weighted by Gasteiger charge is 2.20. The Morgan fingerprint density at radius 3 is 2.84 bits per heavy atom. The standard InChI is InChI=1S/C10H4BrClFN3O3/c11-5-1-2-8(6(13)3-5)19-9-7(16(17)18)4-14-10(12)15-9/h1-4H. The van der Waals surface area contributed by atoms with Crippen molar-refractivity contribution in [1.29, 1.82) is 0 Å². The Morgan fingerprint density at radius 1 is 1.47 bits per heavy atom. The molecular formula is C10H4BrClFN3O3. The summed E-state index contributed by atoms with van der Waals surface area (Å²) in [6.45, 7) is 0. The first-order valence-corrected chi connectivity index (χ1v) is 5.94. The molecule has 2 rings (SSSR count). The molecule has 6 nitrogen and oxygen atoms in total. The number of hydrogen-bond donors (Lipinski definition) is 0. The molecule has 0 aliphatic carbocycles. The number of benzene rings is 1. The van der Waals surface area contributed by atoms with Gasteiger partial charge in [-0.2, -0.15) is 4.98 Å². The van der Waals surface area contributed by atoms with Crippen LogP contribution >= 0.6 is 27.5 Å². The second-order valence-electron chi connectivity index (χ2n) is 3.26. The molecule has 0 N–H and O–H groups in total. The second kappa shape index (κ2) is 5.45. The second-order valence-corrected chi connectivity index (χ2v) is 4.52. The summed E-state index contributed by atoms with van der Waals surface area (Å²) in [5.74, 6) is -1.33. The summed E-state index contributed by atoms with van der Waals surface area (Å²) in [6, 6.07) is 3.98. The van der Waals surface area contributed by atoms with E-state index in [1.165, 1.54) is 12.1 Å². The maximum Gasteiger partial charge on any atom is 0.349 e. The van der Waals surface area contributed by atoms with Crippen LogP contribution in [0, 0.1) is 15.9 Å². The van der Waals surface area contributed by atoms with E-state index in [2.05, 4.69) is 25.9 Å². The topological polar surface area (TPSA) is 78.2 Å². The van der Waals surface area contributed by atoms with Gasteiger partial charge in [-0.05, 0) is 29.8 Å². The number of nitrogens with zero attached hydrogens (tertiary/aromatic N) is 3. The Kier molecular flexibility index (Phi) is 3.91. The lowest BCUT2D eigenvalue weighted by atomic mass is 10.3. The predicted molar refractivity (Wildman–Crippen MR) is 67.9 cm³/mol. The normalized spacial score (nSPS) is 10.3. The highest BCUT2D eigenvalue weighted by molar-refractivity contribution is 9.10. The van der Waals surface area contributed by atoms with E-state index in [1.54, 1.807) is 0 Å². The maximum atomic E-state index is 13.6. The molecule has 0 spiro atoms. The largest absolute Gasteiger partial charge is 0.430 e. The van der Waals surface area contributed by atoms with E-state index in [-0.39, 0.29) is 11.0 Å². The fourth-order valence-corrected chi connectivity index (χ4v) is 1.66. The lowest BCUT2D eigenvalue weighted by Crippen LogP contribution is -1.98. The highest BCUT2D eigenvalue weighted by Crippen LogP contribution is 2.31. The van der Waals surface area contributed by atoms with E-state index in [0.29, 0.717) is 4.47 Å². The zero-order valence-electron chi connectivity index (χ0n) is 9.01. The van der Waals surface area contributed by atoms with Crippen LogP contribution < -0.4 is 4.74 Å². The average molecular weight is 349 g/mol. The van der Waals surface area contributed by atoms with Gasteiger partial charge < -0.3 is 4.74 Å². The van der Waals surface area contributed by atoms with Gasteiger partial charge in [-0.3, -0.25) is 10.1 Å². The van der Waals surface area contributed by atoms with E-state index < -0.39 is 22.3 Å². The van der Waals surface area contributed by atoms with Crippen molar-refractivity contribution < 1.29 is 14.1 Å². The first-order chi connectivity index (χ1) is 8.97. The molecule has 0 saturated carbocycles. The first kappa shape index (κ1) is 13.6. The van der Waals surface area contributed by atoms with Crippen LogP contribution in [0.25, 0.3) is 0 Å². The fourth-order valence-electron chi connectivity index (χ4n) is 1.20. The minimum absolute atomic E-state index is 0.207. The lowest BCUT2D eigenvalue weighted by molar-refractivity contribution is -0.386. The van der Waals surface area contributed by atoms with Crippen molar-refractivity contribution in [3.8, 4) is 11.6 Å². The first-order valence-electron chi connectivity index (χ1n) is 4.77. The molecule has 0 atom stereocenters. The Morgan fingerprint density at radius 2 is 2.21 bits per heavy atom. The van der Waals surface area contributed by atoms with Crippen LogP contribution in [-0.4, -0.2) is 14.9 Å². The fraction of sp³-hybridized carbons (Fsp3) is 0. The Balaban J connectivity index is 2.42. The molecule has 0 aliphatic heterocycles. The zero-order valence-corrected chi connectivity index (χ0v) is 11.4. The van der Waals surface area contributed by atoms with Gasteiger partial charge in [0.1, 0.15) is 6.20 Å². The SMILES string of the molecule is O=[N+]([O-])c1cnc(Cl)nc1Oc1ccc(Br)cc1F. The third kappa shape index (κ3) is 3.15. The van der Waals surface area contributed by atoms with E-state index in [0.717, 1.165) is 12.3 Å². The van der Waals surface area contributed by atoms with Crippen LogP contribution in [0.1, 0.15) is 0 Å². The molecule has 0 saturated heterocycles. The van der Waals surface area contributed by atoms with Crippen molar-refractivity contribution >= 4 is 33.2 Å². The molecule has 2 aromatic rings. The minimum Gasteiger partial charge on any atom is -0.430 e. The molecule has 0 unspecified atom stereocenters. The van der Waals surface area contributed by atoms with Gasteiger partial charge in [-0.15, -0.1) is 0 Å². The van der Waals surface area contributed by atoms with Crippen molar-refractivity contribution in [2.24, 2.45) is 0 Å². The van der Waals surface area contributed by atoms with Crippen LogP contribution in [0.4, 0.5) is 10.1 Å². The minimum atomic E-state index is -0.748. The summed E-state index contributed by atoms with van der Waals surface area (Å²) in [5.41, 5.74) is -0.508. The summed E-state index contributed by atoms with van der Waals surface area (Å²) in [6.07, 6.45) is 0.890. The maximum absolute atomic E-state index is 13.6.